The molecule has 3 heterocycles. The minimum atomic E-state index is -0.423. The highest BCUT2D eigenvalue weighted by molar-refractivity contribution is 9.10. The molecule has 3 N–H and O–H groups in total. The Morgan fingerprint density at radius 2 is 2.03 bits per heavy atom. The molecule has 2 aliphatic heterocycles. The normalized spacial score (nSPS) is 20.5. The summed E-state index contributed by atoms with van der Waals surface area (Å²) in [4.78, 5) is 0.327. The van der Waals surface area contributed by atoms with E-state index >= 15 is 0 Å². The summed E-state index contributed by atoms with van der Waals surface area (Å²) in [6.45, 7) is 2.39. The number of fused-ring (bicyclic) bond motifs is 1. The van der Waals surface area contributed by atoms with Crippen LogP contribution in [0.15, 0.2) is 64.1 Å². The number of phenolic OH excluding ortho intramolecular Hbond substituents is 1. The first kappa shape index (κ1) is 24.1. The van der Waals surface area contributed by atoms with Crippen molar-refractivity contribution in [2.45, 2.75) is 30.2 Å². The lowest BCUT2D eigenvalue weighted by Crippen LogP contribution is -2.30. The quantitative estimate of drug-likeness (QED) is 0.321. The van der Waals surface area contributed by atoms with E-state index in [0.29, 0.717) is 10.8 Å². The Morgan fingerprint density at radius 1 is 1.17 bits per heavy atom. The summed E-state index contributed by atoms with van der Waals surface area (Å²) in [5, 5.41) is 21.9. The first-order valence-corrected chi connectivity index (χ1v) is 13.2. The minimum Gasteiger partial charge on any atom is -0.508 e. The largest absolute Gasteiger partial charge is 0.508 e. The van der Waals surface area contributed by atoms with Crippen LogP contribution in [0.5, 0.6) is 5.75 Å². The molecule has 0 saturated carbocycles. The third-order valence-corrected chi connectivity index (χ3v) is 8.05. The molecule has 5 rings (SSSR count). The highest BCUT2D eigenvalue weighted by Gasteiger charge is 2.26. The van der Waals surface area contributed by atoms with Crippen molar-refractivity contribution in [3.05, 3.63) is 76.4 Å². The monoisotopic (exact) mass is 561 g/mol. The summed E-state index contributed by atoms with van der Waals surface area (Å²) in [6.07, 6.45) is 6.75. The van der Waals surface area contributed by atoms with E-state index in [-0.39, 0.29) is 11.8 Å². The van der Waals surface area contributed by atoms with Crippen LogP contribution in [0.3, 0.4) is 0 Å². The number of hydrogen-bond acceptors (Lipinski definition) is 6. The van der Waals surface area contributed by atoms with E-state index in [1.807, 2.05) is 22.9 Å². The number of aromatic hydroxyl groups is 1. The SMILES string of the molecule is Oc1ccccc1C1C=C(NCC2CCCN(Sc3cc(F)ccc3F)CC2)n2ncc(Br)c2N1. The molecule has 35 heavy (non-hydrogen) atoms. The molecule has 3 aromatic rings. The Labute approximate surface area is 215 Å². The number of nitrogens with one attached hydrogen (secondary N) is 2. The lowest BCUT2D eigenvalue weighted by molar-refractivity contribution is 0.438. The third kappa shape index (κ3) is 5.49. The van der Waals surface area contributed by atoms with Gasteiger partial charge in [-0.15, -0.1) is 0 Å². The van der Waals surface area contributed by atoms with Crippen LogP contribution in [0, 0.1) is 17.6 Å². The molecule has 1 saturated heterocycles. The van der Waals surface area contributed by atoms with Gasteiger partial charge < -0.3 is 15.7 Å². The number of anilines is 1. The smallest absolute Gasteiger partial charge is 0.146 e. The number of aromatic nitrogens is 2. The number of benzene rings is 2. The van der Waals surface area contributed by atoms with Gasteiger partial charge in [-0.25, -0.2) is 17.8 Å². The van der Waals surface area contributed by atoms with Crippen LogP contribution in [0.1, 0.15) is 30.9 Å². The van der Waals surface area contributed by atoms with Gasteiger partial charge >= 0.3 is 0 Å². The minimum absolute atomic E-state index is 0.207. The topological polar surface area (TPSA) is 65.3 Å². The Bertz CT molecular complexity index is 1240. The molecule has 2 aliphatic rings. The van der Waals surface area contributed by atoms with Crippen LogP contribution in [0.25, 0.3) is 5.82 Å². The number of para-hydroxylation sites is 1. The van der Waals surface area contributed by atoms with Gasteiger partial charge in [0.2, 0.25) is 0 Å². The number of phenols is 1. The number of rotatable bonds is 6. The second-order valence-corrected chi connectivity index (χ2v) is 10.8. The maximum absolute atomic E-state index is 14.1. The Balaban J connectivity index is 1.25. The second-order valence-electron chi connectivity index (χ2n) is 8.76. The predicted molar refractivity (Wildman–Crippen MR) is 138 cm³/mol. The standard InChI is InChI=1S/C25H26BrF2N5OS/c26-19-15-30-33-24(13-21(31-25(19)33)18-5-1-2-6-22(18)34)29-14-16-4-3-10-32(11-9-16)35-23-12-17(27)7-8-20(23)28/h1-2,5-8,12-13,15-16,21,29,31,34H,3-4,9-11,14H2. The third-order valence-electron chi connectivity index (χ3n) is 6.34. The molecule has 0 aliphatic carbocycles. The number of halogens is 3. The van der Waals surface area contributed by atoms with Crippen molar-refractivity contribution in [3.8, 4) is 5.75 Å². The van der Waals surface area contributed by atoms with Gasteiger partial charge in [-0.2, -0.15) is 5.10 Å². The molecule has 0 amide bonds. The molecular formula is C25H26BrF2N5OS. The van der Waals surface area contributed by atoms with Crippen molar-refractivity contribution >= 4 is 39.5 Å². The lowest BCUT2D eigenvalue weighted by Gasteiger charge is -2.27. The van der Waals surface area contributed by atoms with Crippen molar-refractivity contribution in [1.29, 1.82) is 0 Å². The zero-order valence-corrected chi connectivity index (χ0v) is 21.3. The van der Waals surface area contributed by atoms with Crippen molar-refractivity contribution in [3.63, 3.8) is 0 Å². The summed E-state index contributed by atoms with van der Waals surface area (Å²) >= 11 is 4.85. The van der Waals surface area contributed by atoms with E-state index < -0.39 is 11.6 Å². The van der Waals surface area contributed by atoms with E-state index in [2.05, 4.69) is 36.0 Å². The number of nitrogens with zero attached hydrogens (tertiary/aromatic N) is 3. The molecule has 2 unspecified atom stereocenters. The van der Waals surface area contributed by atoms with E-state index in [1.165, 1.54) is 24.1 Å². The highest BCUT2D eigenvalue weighted by Crippen LogP contribution is 2.36. The Morgan fingerprint density at radius 3 is 2.89 bits per heavy atom. The molecule has 2 atom stereocenters. The van der Waals surface area contributed by atoms with Crippen molar-refractivity contribution in [2.75, 3.05) is 25.0 Å². The van der Waals surface area contributed by atoms with Gasteiger partial charge in [-0.3, -0.25) is 0 Å². The average Bonchev–Trinajstić information content (AvgIpc) is 3.08. The summed E-state index contributed by atoms with van der Waals surface area (Å²) in [5.41, 5.74) is 0.790. The first-order chi connectivity index (χ1) is 17.0. The Hall–Kier alpha value is -2.56. The lowest BCUT2D eigenvalue weighted by atomic mass is 10.0. The van der Waals surface area contributed by atoms with Gasteiger partial charge in [0.1, 0.15) is 29.0 Å². The highest BCUT2D eigenvalue weighted by atomic mass is 79.9. The predicted octanol–water partition coefficient (Wildman–Crippen LogP) is 5.99. The van der Waals surface area contributed by atoms with E-state index in [4.69, 9.17) is 0 Å². The van der Waals surface area contributed by atoms with Gasteiger partial charge in [-0.1, -0.05) is 18.2 Å². The van der Waals surface area contributed by atoms with E-state index in [9.17, 15) is 13.9 Å². The summed E-state index contributed by atoms with van der Waals surface area (Å²) in [5.74, 6) is 1.53. The van der Waals surface area contributed by atoms with Crippen molar-refractivity contribution in [2.24, 2.45) is 5.92 Å². The number of hydrogen-bond donors (Lipinski definition) is 3. The molecule has 0 spiro atoms. The van der Waals surface area contributed by atoms with Gasteiger partial charge in [0, 0.05) is 25.2 Å². The van der Waals surface area contributed by atoms with Gasteiger partial charge in [0.25, 0.3) is 0 Å². The fourth-order valence-electron chi connectivity index (χ4n) is 4.48. The fraction of sp³-hybridized carbons (Fsp3) is 0.320. The van der Waals surface area contributed by atoms with Crippen LogP contribution in [0.4, 0.5) is 14.6 Å². The van der Waals surface area contributed by atoms with Crippen LogP contribution in [-0.4, -0.2) is 38.8 Å². The van der Waals surface area contributed by atoms with E-state index in [1.54, 1.807) is 18.3 Å². The van der Waals surface area contributed by atoms with E-state index in [0.717, 1.165) is 66.6 Å². The molecule has 1 fully saturated rings. The molecule has 6 nitrogen and oxygen atoms in total. The van der Waals surface area contributed by atoms with Crippen LogP contribution in [-0.2, 0) is 0 Å². The molecule has 1 aromatic heterocycles. The Kier molecular flexibility index (Phi) is 7.31. The second kappa shape index (κ2) is 10.6. The first-order valence-electron chi connectivity index (χ1n) is 11.6. The fourth-order valence-corrected chi connectivity index (χ4v) is 5.87. The van der Waals surface area contributed by atoms with Crippen LogP contribution < -0.4 is 10.6 Å². The van der Waals surface area contributed by atoms with Crippen molar-refractivity contribution in [1.82, 2.24) is 19.4 Å². The van der Waals surface area contributed by atoms with Crippen LogP contribution in [0.2, 0.25) is 0 Å². The molecule has 184 valence electrons. The van der Waals surface area contributed by atoms with Gasteiger partial charge in [0.15, 0.2) is 0 Å². The van der Waals surface area contributed by atoms with Gasteiger partial charge in [0.05, 0.1) is 21.6 Å². The molecular weight excluding hydrogens is 536 g/mol. The molecule has 2 aromatic carbocycles. The summed E-state index contributed by atoms with van der Waals surface area (Å²) < 4.78 is 32.4. The zero-order valence-electron chi connectivity index (χ0n) is 18.9. The molecule has 10 heteroatoms. The maximum atomic E-state index is 14.1. The summed E-state index contributed by atoms with van der Waals surface area (Å²) in [6, 6.07) is 10.7. The molecule has 0 radical (unpaired) electrons. The summed E-state index contributed by atoms with van der Waals surface area (Å²) in [7, 11) is 0. The average molecular weight is 562 g/mol. The zero-order chi connectivity index (χ0) is 24.4. The van der Waals surface area contributed by atoms with Crippen LogP contribution >= 0.6 is 27.9 Å². The van der Waals surface area contributed by atoms with Crippen molar-refractivity contribution < 1.29 is 13.9 Å². The van der Waals surface area contributed by atoms with Gasteiger partial charge in [-0.05, 0) is 83.4 Å². The maximum Gasteiger partial charge on any atom is 0.146 e. The molecule has 0 bridgehead atoms.